The molecule has 1 aromatic rings. The molecule has 1 nitrogen and oxygen atoms in total. The van der Waals surface area contributed by atoms with Crippen LogP contribution in [0, 0.1) is 11.8 Å². The van der Waals surface area contributed by atoms with Gasteiger partial charge in [-0.2, -0.15) is 0 Å². The lowest BCUT2D eigenvalue weighted by Crippen LogP contribution is -2.37. The first-order valence-electron chi connectivity index (χ1n) is 6.83. The van der Waals surface area contributed by atoms with Gasteiger partial charge in [0.1, 0.15) is 11.4 Å². The highest BCUT2D eigenvalue weighted by atomic mass is 16.5. The molecule has 1 fully saturated rings. The Balaban J connectivity index is 1.94. The lowest BCUT2D eigenvalue weighted by atomic mass is 9.75. The predicted molar refractivity (Wildman–Crippen MR) is 72.3 cm³/mol. The van der Waals surface area contributed by atoms with Crippen molar-refractivity contribution in [3.63, 3.8) is 0 Å². The van der Waals surface area contributed by atoms with Crippen LogP contribution in [0.3, 0.4) is 0 Å². The van der Waals surface area contributed by atoms with Crippen LogP contribution in [0.15, 0.2) is 30.3 Å². The fraction of sp³-hybridized carbons (Fsp3) is 0.625. The van der Waals surface area contributed by atoms with Crippen LogP contribution in [0.1, 0.15) is 46.5 Å². The van der Waals surface area contributed by atoms with Gasteiger partial charge in [-0.1, -0.05) is 32.0 Å². The molecule has 0 aromatic heterocycles. The van der Waals surface area contributed by atoms with E-state index in [0.717, 1.165) is 17.6 Å². The van der Waals surface area contributed by atoms with Gasteiger partial charge in [0, 0.05) is 0 Å². The number of hydrogen-bond acceptors (Lipinski definition) is 1. The van der Waals surface area contributed by atoms with E-state index in [1.165, 1.54) is 25.7 Å². The zero-order valence-corrected chi connectivity index (χ0v) is 11.3. The molecule has 0 heterocycles. The van der Waals surface area contributed by atoms with E-state index in [2.05, 4.69) is 32.9 Å². The SMILES string of the molecule is CC(C)C1CCC(C)(Oc2ccccc2)CC1. The van der Waals surface area contributed by atoms with E-state index in [-0.39, 0.29) is 5.60 Å². The minimum atomic E-state index is 0.0484. The summed E-state index contributed by atoms with van der Waals surface area (Å²) in [6.07, 6.45) is 4.98. The van der Waals surface area contributed by atoms with Crippen molar-refractivity contribution in [2.45, 2.75) is 52.1 Å². The summed E-state index contributed by atoms with van der Waals surface area (Å²) < 4.78 is 6.17. The third kappa shape index (κ3) is 3.24. The van der Waals surface area contributed by atoms with Gasteiger partial charge < -0.3 is 4.74 Å². The molecule has 1 saturated carbocycles. The van der Waals surface area contributed by atoms with Gasteiger partial charge in [0.25, 0.3) is 0 Å². The molecular weight excluding hydrogens is 208 g/mol. The molecule has 1 heteroatoms. The van der Waals surface area contributed by atoms with Gasteiger partial charge in [-0.15, -0.1) is 0 Å². The van der Waals surface area contributed by atoms with Crippen LogP contribution in [0.2, 0.25) is 0 Å². The minimum absolute atomic E-state index is 0.0484. The van der Waals surface area contributed by atoms with E-state index in [1.54, 1.807) is 0 Å². The van der Waals surface area contributed by atoms with Crippen LogP contribution < -0.4 is 4.74 Å². The molecule has 0 spiro atoms. The number of benzene rings is 1. The quantitative estimate of drug-likeness (QED) is 0.736. The summed E-state index contributed by atoms with van der Waals surface area (Å²) in [6, 6.07) is 10.2. The summed E-state index contributed by atoms with van der Waals surface area (Å²) in [7, 11) is 0. The third-order valence-electron chi connectivity index (χ3n) is 4.14. The van der Waals surface area contributed by atoms with Crippen LogP contribution in [0.25, 0.3) is 0 Å². The maximum absolute atomic E-state index is 6.17. The zero-order chi connectivity index (χ0) is 12.3. The van der Waals surface area contributed by atoms with Gasteiger partial charge in [-0.25, -0.2) is 0 Å². The first-order chi connectivity index (χ1) is 8.09. The van der Waals surface area contributed by atoms with Gasteiger partial charge in [0.15, 0.2) is 0 Å². The van der Waals surface area contributed by atoms with E-state index < -0.39 is 0 Å². The Bertz CT molecular complexity index is 334. The highest BCUT2D eigenvalue weighted by Crippen LogP contribution is 2.38. The smallest absolute Gasteiger partial charge is 0.120 e. The molecule has 0 unspecified atom stereocenters. The average molecular weight is 232 g/mol. The van der Waals surface area contributed by atoms with E-state index in [0.29, 0.717) is 0 Å². The molecule has 0 amide bonds. The highest BCUT2D eigenvalue weighted by Gasteiger charge is 2.33. The fourth-order valence-electron chi connectivity index (χ4n) is 2.79. The van der Waals surface area contributed by atoms with E-state index in [9.17, 15) is 0 Å². The molecule has 0 radical (unpaired) electrons. The summed E-state index contributed by atoms with van der Waals surface area (Å²) >= 11 is 0. The zero-order valence-electron chi connectivity index (χ0n) is 11.3. The second kappa shape index (κ2) is 5.12. The van der Waals surface area contributed by atoms with Crippen molar-refractivity contribution in [2.24, 2.45) is 11.8 Å². The molecule has 94 valence electrons. The first kappa shape index (κ1) is 12.5. The van der Waals surface area contributed by atoms with Gasteiger partial charge in [-0.3, -0.25) is 0 Å². The van der Waals surface area contributed by atoms with Crippen LogP contribution in [-0.2, 0) is 0 Å². The van der Waals surface area contributed by atoms with Crippen LogP contribution in [-0.4, -0.2) is 5.60 Å². The molecular formula is C16H24O. The van der Waals surface area contributed by atoms with E-state index >= 15 is 0 Å². The van der Waals surface area contributed by atoms with Crippen molar-refractivity contribution < 1.29 is 4.74 Å². The average Bonchev–Trinajstić information content (AvgIpc) is 2.30. The number of para-hydroxylation sites is 1. The van der Waals surface area contributed by atoms with E-state index in [4.69, 9.17) is 4.74 Å². The number of hydrogen-bond donors (Lipinski definition) is 0. The summed E-state index contributed by atoms with van der Waals surface area (Å²) in [5.74, 6) is 2.72. The van der Waals surface area contributed by atoms with Crippen molar-refractivity contribution in [3.8, 4) is 5.75 Å². The summed E-state index contributed by atoms with van der Waals surface area (Å²) in [6.45, 7) is 6.94. The van der Waals surface area contributed by atoms with Gasteiger partial charge in [0.05, 0.1) is 0 Å². The van der Waals surface area contributed by atoms with Crippen molar-refractivity contribution in [1.82, 2.24) is 0 Å². The molecule has 0 aliphatic heterocycles. The predicted octanol–water partition coefficient (Wildman–Crippen LogP) is 4.67. The maximum atomic E-state index is 6.17. The summed E-state index contributed by atoms with van der Waals surface area (Å²) in [5, 5.41) is 0. The second-order valence-electron chi connectivity index (χ2n) is 5.95. The minimum Gasteiger partial charge on any atom is -0.488 e. The molecule has 0 bridgehead atoms. The fourth-order valence-corrected chi connectivity index (χ4v) is 2.79. The van der Waals surface area contributed by atoms with Crippen LogP contribution in [0.5, 0.6) is 5.75 Å². The normalized spacial score (nSPS) is 29.3. The Hall–Kier alpha value is -0.980. The largest absolute Gasteiger partial charge is 0.488 e. The molecule has 17 heavy (non-hydrogen) atoms. The molecule has 0 N–H and O–H groups in total. The Morgan fingerprint density at radius 2 is 1.71 bits per heavy atom. The van der Waals surface area contributed by atoms with Crippen molar-refractivity contribution in [2.75, 3.05) is 0 Å². The lowest BCUT2D eigenvalue weighted by Gasteiger charge is -2.39. The van der Waals surface area contributed by atoms with Crippen LogP contribution >= 0.6 is 0 Å². The second-order valence-corrected chi connectivity index (χ2v) is 5.95. The monoisotopic (exact) mass is 232 g/mol. The van der Waals surface area contributed by atoms with Gasteiger partial charge >= 0.3 is 0 Å². The van der Waals surface area contributed by atoms with Crippen molar-refractivity contribution in [1.29, 1.82) is 0 Å². The van der Waals surface area contributed by atoms with Crippen molar-refractivity contribution >= 4 is 0 Å². The summed E-state index contributed by atoms with van der Waals surface area (Å²) in [4.78, 5) is 0. The standard InChI is InChI=1S/C16H24O/c1-13(2)14-9-11-16(3,12-10-14)17-15-7-5-4-6-8-15/h4-8,13-14H,9-12H2,1-3H3. The molecule has 2 rings (SSSR count). The molecule has 1 aromatic carbocycles. The Kier molecular flexibility index (Phi) is 3.76. The van der Waals surface area contributed by atoms with Gasteiger partial charge in [-0.05, 0) is 56.6 Å². The van der Waals surface area contributed by atoms with Crippen molar-refractivity contribution in [3.05, 3.63) is 30.3 Å². The summed E-state index contributed by atoms with van der Waals surface area (Å²) in [5.41, 5.74) is 0.0484. The molecule has 0 saturated heterocycles. The van der Waals surface area contributed by atoms with E-state index in [1.807, 2.05) is 18.2 Å². The topological polar surface area (TPSA) is 9.23 Å². The maximum Gasteiger partial charge on any atom is 0.120 e. The Labute approximate surface area is 105 Å². The highest BCUT2D eigenvalue weighted by molar-refractivity contribution is 5.22. The Morgan fingerprint density at radius 1 is 1.12 bits per heavy atom. The lowest BCUT2D eigenvalue weighted by molar-refractivity contribution is 0.0250. The number of ether oxygens (including phenoxy) is 1. The number of rotatable bonds is 3. The molecule has 1 aliphatic carbocycles. The third-order valence-corrected chi connectivity index (χ3v) is 4.14. The Morgan fingerprint density at radius 3 is 2.24 bits per heavy atom. The molecule has 0 atom stereocenters. The van der Waals surface area contributed by atoms with Crippen LogP contribution in [0.4, 0.5) is 0 Å². The van der Waals surface area contributed by atoms with Gasteiger partial charge in [0.2, 0.25) is 0 Å². The molecule has 1 aliphatic rings. The first-order valence-corrected chi connectivity index (χ1v) is 6.83.